The van der Waals surface area contributed by atoms with E-state index in [1.165, 1.54) is 4.90 Å². The van der Waals surface area contributed by atoms with Crippen LogP contribution in [0.25, 0.3) is 0 Å². The van der Waals surface area contributed by atoms with Crippen molar-refractivity contribution in [3.8, 4) is 0 Å². The first-order chi connectivity index (χ1) is 7.06. The zero-order valence-corrected chi connectivity index (χ0v) is 9.27. The molecule has 0 heterocycles. The maximum absolute atomic E-state index is 11.8. The van der Waals surface area contributed by atoms with Gasteiger partial charge in [0.2, 0.25) is 0 Å². The topological polar surface area (TPSA) is 60.9 Å². The zero-order valence-electron chi connectivity index (χ0n) is 9.27. The van der Waals surface area contributed by atoms with Crippen LogP contribution in [-0.4, -0.2) is 53.1 Å². The number of carbonyl (C=O) groups excluding carboxylic acids is 1. The molecule has 1 rings (SSSR count). The lowest BCUT2D eigenvalue weighted by Crippen LogP contribution is -2.44. The van der Waals surface area contributed by atoms with E-state index in [0.29, 0.717) is 12.6 Å². The number of rotatable bonds is 5. The highest BCUT2D eigenvalue weighted by molar-refractivity contribution is 5.80. The van der Waals surface area contributed by atoms with E-state index >= 15 is 0 Å². The lowest BCUT2D eigenvalue weighted by molar-refractivity contribution is -0.137. The average molecular weight is 214 g/mol. The molecule has 0 aromatic carbocycles. The molecular formula is C10H18N2O3. The first kappa shape index (κ1) is 11.8. The molecule has 1 fully saturated rings. The largest absolute Gasteiger partial charge is 0.480 e. The second-order valence-corrected chi connectivity index (χ2v) is 3.94. The molecule has 0 radical (unpaired) electrons. The van der Waals surface area contributed by atoms with Crippen LogP contribution >= 0.6 is 0 Å². The van der Waals surface area contributed by atoms with Crippen molar-refractivity contribution in [1.82, 2.24) is 9.80 Å². The highest BCUT2D eigenvalue weighted by Crippen LogP contribution is 2.26. The number of aliphatic carboxylic acids is 1. The third kappa shape index (κ3) is 3.42. The summed E-state index contributed by atoms with van der Waals surface area (Å²) < 4.78 is 0. The van der Waals surface area contributed by atoms with Crippen molar-refractivity contribution in [3.05, 3.63) is 0 Å². The second-order valence-electron chi connectivity index (χ2n) is 3.94. The van der Waals surface area contributed by atoms with Crippen molar-refractivity contribution in [1.29, 1.82) is 0 Å². The van der Waals surface area contributed by atoms with Crippen LogP contribution in [0, 0.1) is 0 Å². The van der Waals surface area contributed by atoms with Crippen LogP contribution in [0.1, 0.15) is 26.2 Å². The standard InChI is InChI=1S/C10H18N2O3/c1-3-6-12(7-9(13)14)10(15)11(2)8-4-5-8/h8H,3-7H2,1-2H3,(H,13,14). The monoisotopic (exact) mass is 214 g/mol. The quantitative estimate of drug-likeness (QED) is 0.742. The van der Waals surface area contributed by atoms with Crippen molar-refractivity contribution in [3.63, 3.8) is 0 Å². The van der Waals surface area contributed by atoms with Gasteiger partial charge in [0.15, 0.2) is 0 Å². The van der Waals surface area contributed by atoms with E-state index in [0.717, 1.165) is 19.3 Å². The molecular weight excluding hydrogens is 196 g/mol. The summed E-state index contributed by atoms with van der Waals surface area (Å²) in [6, 6.07) is 0.160. The van der Waals surface area contributed by atoms with Crippen molar-refractivity contribution < 1.29 is 14.7 Å². The minimum absolute atomic E-state index is 0.165. The molecule has 1 aliphatic carbocycles. The summed E-state index contributed by atoms with van der Waals surface area (Å²) >= 11 is 0. The van der Waals surface area contributed by atoms with E-state index in [2.05, 4.69) is 0 Å². The minimum atomic E-state index is -0.957. The van der Waals surface area contributed by atoms with E-state index in [1.807, 2.05) is 6.92 Å². The summed E-state index contributed by atoms with van der Waals surface area (Å²) in [5.74, 6) is -0.957. The Hall–Kier alpha value is -1.26. The summed E-state index contributed by atoms with van der Waals surface area (Å²) in [4.78, 5) is 25.5. The van der Waals surface area contributed by atoms with E-state index < -0.39 is 5.97 Å². The molecule has 0 bridgehead atoms. The zero-order chi connectivity index (χ0) is 11.4. The third-order valence-electron chi connectivity index (χ3n) is 2.49. The number of hydrogen-bond donors (Lipinski definition) is 1. The molecule has 0 aliphatic heterocycles. The van der Waals surface area contributed by atoms with E-state index in [4.69, 9.17) is 5.11 Å². The van der Waals surface area contributed by atoms with Crippen molar-refractivity contribution in [2.24, 2.45) is 0 Å². The number of hydrogen-bond acceptors (Lipinski definition) is 2. The fraction of sp³-hybridized carbons (Fsp3) is 0.800. The Morgan fingerprint density at radius 1 is 1.40 bits per heavy atom. The van der Waals surface area contributed by atoms with Gasteiger partial charge in [-0.3, -0.25) is 4.79 Å². The van der Waals surface area contributed by atoms with Crippen LogP contribution in [-0.2, 0) is 4.79 Å². The van der Waals surface area contributed by atoms with Gasteiger partial charge in [-0.2, -0.15) is 0 Å². The second kappa shape index (κ2) is 5.00. The van der Waals surface area contributed by atoms with Crippen molar-refractivity contribution in [2.45, 2.75) is 32.2 Å². The molecule has 5 heteroatoms. The number of carboxylic acid groups (broad SMARTS) is 1. The predicted octanol–water partition coefficient (Wildman–Crippen LogP) is 0.997. The molecule has 1 N–H and O–H groups in total. The van der Waals surface area contributed by atoms with Gasteiger partial charge in [-0.1, -0.05) is 6.92 Å². The van der Waals surface area contributed by atoms with Gasteiger partial charge in [-0.15, -0.1) is 0 Å². The van der Waals surface area contributed by atoms with E-state index in [9.17, 15) is 9.59 Å². The summed E-state index contributed by atoms with van der Waals surface area (Å²) in [5, 5.41) is 8.68. The van der Waals surface area contributed by atoms with E-state index in [-0.39, 0.29) is 12.6 Å². The van der Waals surface area contributed by atoms with Gasteiger partial charge in [0.25, 0.3) is 0 Å². The summed E-state index contributed by atoms with van der Waals surface area (Å²) in [7, 11) is 1.74. The normalized spacial score (nSPS) is 14.8. The minimum Gasteiger partial charge on any atom is -0.480 e. The molecule has 5 nitrogen and oxygen atoms in total. The van der Waals surface area contributed by atoms with Crippen LogP contribution in [0.2, 0.25) is 0 Å². The maximum atomic E-state index is 11.8. The van der Waals surface area contributed by atoms with Crippen LogP contribution in [0.3, 0.4) is 0 Å². The van der Waals surface area contributed by atoms with Gasteiger partial charge in [0.1, 0.15) is 6.54 Å². The van der Waals surface area contributed by atoms with Crippen LogP contribution in [0.4, 0.5) is 4.79 Å². The molecule has 2 amide bonds. The highest BCUT2D eigenvalue weighted by atomic mass is 16.4. The molecule has 0 spiro atoms. The third-order valence-corrected chi connectivity index (χ3v) is 2.49. The van der Waals surface area contributed by atoms with Crippen LogP contribution in [0.5, 0.6) is 0 Å². The number of carboxylic acids is 1. The molecule has 1 saturated carbocycles. The Kier molecular flexibility index (Phi) is 3.94. The Balaban J connectivity index is 2.52. The molecule has 0 unspecified atom stereocenters. The number of urea groups is 1. The summed E-state index contributed by atoms with van der Waals surface area (Å²) in [6.45, 7) is 2.23. The molecule has 1 aliphatic rings. The van der Waals surface area contributed by atoms with Crippen LogP contribution < -0.4 is 0 Å². The van der Waals surface area contributed by atoms with Crippen molar-refractivity contribution in [2.75, 3.05) is 20.1 Å². The Morgan fingerprint density at radius 2 is 2.00 bits per heavy atom. The Labute approximate surface area is 89.7 Å². The predicted molar refractivity (Wildman–Crippen MR) is 55.7 cm³/mol. The number of nitrogens with zero attached hydrogens (tertiary/aromatic N) is 2. The SMILES string of the molecule is CCCN(CC(=O)O)C(=O)N(C)C1CC1. The van der Waals surface area contributed by atoms with Gasteiger partial charge in [0, 0.05) is 19.6 Å². The van der Waals surface area contributed by atoms with E-state index in [1.54, 1.807) is 11.9 Å². The fourth-order valence-corrected chi connectivity index (χ4v) is 1.52. The average Bonchev–Trinajstić information content (AvgIpc) is 2.97. The van der Waals surface area contributed by atoms with Crippen molar-refractivity contribution >= 4 is 12.0 Å². The van der Waals surface area contributed by atoms with Gasteiger partial charge >= 0.3 is 12.0 Å². The molecule has 15 heavy (non-hydrogen) atoms. The molecule has 0 aromatic rings. The van der Waals surface area contributed by atoms with Crippen LogP contribution in [0.15, 0.2) is 0 Å². The first-order valence-electron chi connectivity index (χ1n) is 5.29. The first-order valence-corrected chi connectivity index (χ1v) is 5.29. The fourth-order valence-electron chi connectivity index (χ4n) is 1.52. The Morgan fingerprint density at radius 3 is 2.40 bits per heavy atom. The lowest BCUT2D eigenvalue weighted by atomic mass is 10.4. The molecule has 86 valence electrons. The Bertz CT molecular complexity index is 251. The molecule has 0 atom stereocenters. The summed E-state index contributed by atoms with van der Waals surface area (Å²) in [5.41, 5.74) is 0. The van der Waals surface area contributed by atoms with Gasteiger partial charge in [-0.05, 0) is 19.3 Å². The highest BCUT2D eigenvalue weighted by Gasteiger charge is 2.32. The maximum Gasteiger partial charge on any atom is 0.323 e. The number of amides is 2. The van der Waals surface area contributed by atoms with Gasteiger partial charge in [-0.25, -0.2) is 4.79 Å². The smallest absolute Gasteiger partial charge is 0.323 e. The summed E-state index contributed by atoms with van der Waals surface area (Å²) in [6.07, 6.45) is 2.85. The molecule has 0 saturated heterocycles. The molecule has 0 aromatic heterocycles. The number of carbonyl (C=O) groups is 2. The van der Waals surface area contributed by atoms with Gasteiger partial charge in [0.05, 0.1) is 0 Å². The van der Waals surface area contributed by atoms with Gasteiger partial charge < -0.3 is 14.9 Å². The lowest BCUT2D eigenvalue weighted by Gasteiger charge is -2.26.